The zero-order valence-corrected chi connectivity index (χ0v) is 15.6. The van der Waals surface area contributed by atoms with Crippen molar-refractivity contribution in [2.24, 2.45) is 0 Å². The molecule has 0 rings (SSSR count). The van der Waals surface area contributed by atoms with Gasteiger partial charge in [-0.1, -0.05) is 46.5 Å². The predicted molar refractivity (Wildman–Crippen MR) is 74.1 cm³/mol. The average molecular weight is 311 g/mol. The van der Waals surface area contributed by atoms with Crippen molar-refractivity contribution in [3.63, 3.8) is 0 Å². The van der Waals surface area contributed by atoms with Crippen LogP contribution in [0.3, 0.4) is 0 Å². The summed E-state index contributed by atoms with van der Waals surface area (Å²) in [6.07, 6.45) is 5.33. The SMILES string of the molecule is CCCCCCCC(=O)N(OC(=O)CC)OC(=O)CC.[H-].[Na+]. The number of unbranched alkanes of at least 4 members (excludes halogenated alkanes) is 4. The van der Waals surface area contributed by atoms with E-state index < -0.39 is 17.8 Å². The standard InChI is InChI=1S/C14H25NO5.Na.H/c1-4-7-8-9-10-11-12(16)15(19-13(17)5-2)20-14(18)6-3;;/h4-11H2,1-3H3;;/q;+1;-1. The molecule has 6 nitrogen and oxygen atoms in total. The van der Waals surface area contributed by atoms with Crippen molar-refractivity contribution in [1.29, 1.82) is 0 Å². The quantitative estimate of drug-likeness (QED) is 0.359. The summed E-state index contributed by atoms with van der Waals surface area (Å²) in [5, 5.41) is 0.428. The molecule has 0 aromatic rings. The molecule has 0 aliphatic rings. The van der Waals surface area contributed by atoms with Crippen molar-refractivity contribution in [3.05, 3.63) is 0 Å². The summed E-state index contributed by atoms with van der Waals surface area (Å²) in [5.74, 6) is -1.74. The maximum atomic E-state index is 11.9. The fourth-order valence-corrected chi connectivity index (χ4v) is 1.41. The Bertz CT molecular complexity index is 310. The van der Waals surface area contributed by atoms with Gasteiger partial charge in [-0.25, -0.2) is 9.59 Å². The van der Waals surface area contributed by atoms with Crippen LogP contribution in [0.15, 0.2) is 0 Å². The molecule has 0 aliphatic heterocycles. The van der Waals surface area contributed by atoms with Crippen molar-refractivity contribution in [3.8, 4) is 0 Å². The monoisotopic (exact) mass is 311 g/mol. The molecular weight excluding hydrogens is 285 g/mol. The molecule has 0 aliphatic carbocycles. The van der Waals surface area contributed by atoms with Gasteiger partial charge >= 0.3 is 41.5 Å². The van der Waals surface area contributed by atoms with Crippen LogP contribution >= 0.6 is 0 Å². The van der Waals surface area contributed by atoms with Crippen molar-refractivity contribution in [2.45, 2.75) is 72.1 Å². The first-order valence-electron chi connectivity index (χ1n) is 7.29. The molecule has 0 fully saturated rings. The number of nitrogens with zero attached hydrogens (tertiary/aromatic N) is 1. The maximum Gasteiger partial charge on any atom is 1.00 e. The minimum Gasteiger partial charge on any atom is -1.00 e. The Kier molecular flexibility index (Phi) is 15.5. The molecule has 0 N–H and O–H groups in total. The van der Waals surface area contributed by atoms with E-state index in [0.717, 1.165) is 25.7 Å². The van der Waals surface area contributed by atoms with Gasteiger partial charge in [-0.3, -0.25) is 4.79 Å². The largest absolute Gasteiger partial charge is 1.00 e. The van der Waals surface area contributed by atoms with Crippen molar-refractivity contribution in [1.82, 2.24) is 5.23 Å². The molecule has 118 valence electrons. The summed E-state index contributed by atoms with van der Waals surface area (Å²) < 4.78 is 0. The summed E-state index contributed by atoms with van der Waals surface area (Å²) >= 11 is 0. The Hall–Kier alpha value is -0.590. The second-order valence-corrected chi connectivity index (χ2v) is 4.45. The van der Waals surface area contributed by atoms with Gasteiger partial charge in [-0.15, -0.1) is 0 Å². The van der Waals surface area contributed by atoms with Crippen molar-refractivity contribution >= 4 is 17.8 Å². The van der Waals surface area contributed by atoms with E-state index in [-0.39, 0.29) is 50.2 Å². The number of hydroxylamine groups is 2. The van der Waals surface area contributed by atoms with Crippen LogP contribution in [0.1, 0.15) is 73.6 Å². The Labute approximate surface area is 150 Å². The summed E-state index contributed by atoms with van der Waals surface area (Å²) in [6, 6.07) is 0. The Morgan fingerprint density at radius 3 is 1.76 bits per heavy atom. The molecule has 0 unspecified atom stereocenters. The zero-order valence-electron chi connectivity index (χ0n) is 14.6. The van der Waals surface area contributed by atoms with Gasteiger partial charge in [0.05, 0.1) is 0 Å². The van der Waals surface area contributed by atoms with Gasteiger partial charge in [-0.2, -0.15) is 0 Å². The van der Waals surface area contributed by atoms with Gasteiger partial charge in [0.2, 0.25) is 0 Å². The van der Waals surface area contributed by atoms with Crippen LogP contribution in [0.4, 0.5) is 0 Å². The summed E-state index contributed by atoms with van der Waals surface area (Å²) in [4.78, 5) is 43.7. The molecule has 0 radical (unpaired) electrons. The van der Waals surface area contributed by atoms with Crippen LogP contribution in [0, 0.1) is 0 Å². The van der Waals surface area contributed by atoms with E-state index in [1.807, 2.05) is 0 Å². The Morgan fingerprint density at radius 2 is 1.33 bits per heavy atom. The number of hydrogen-bond acceptors (Lipinski definition) is 5. The van der Waals surface area contributed by atoms with E-state index in [4.69, 9.17) is 9.68 Å². The topological polar surface area (TPSA) is 72.9 Å². The maximum absolute atomic E-state index is 11.9. The fraction of sp³-hybridized carbons (Fsp3) is 0.786. The van der Waals surface area contributed by atoms with Crippen LogP contribution < -0.4 is 29.6 Å². The van der Waals surface area contributed by atoms with Crippen LogP contribution in [-0.2, 0) is 24.1 Å². The van der Waals surface area contributed by atoms with E-state index in [2.05, 4.69) is 6.92 Å². The van der Waals surface area contributed by atoms with E-state index in [1.165, 1.54) is 0 Å². The van der Waals surface area contributed by atoms with Crippen LogP contribution in [0.5, 0.6) is 0 Å². The minimum absolute atomic E-state index is 0. The molecular formula is C14H26NNaO5. The first kappa shape index (κ1) is 22.7. The molecule has 0 bridgehead atoms. The van der Waals surface area contributed by atoms with Gasteiger partial charge in [-0.05, 0) is 6.42 Å². The second kappa shape index (κ2) is 14.4. The summed E-state index contributed by atoms with van der Waals surface area (Å²) in [5.41, 5.74) is 0. The normalized spacial score (nSPS) is 9.48. The third-order valence-corrected chi connectivity index (χ3v) is 2.64. The number of hydrogen-bond donors (Lipinski definition) is 0. The number of amides is 1. The molecule has 0 aromatic carbocycles. The minimum atomic E-state index is -0.617. The third kappa shape index (κ3) is 11.7. The van der Waals surface area contributed by atoms with Crippen LogP contribution in [0.25, 0.3) is 0 Å². The van der Waals surface area contributed by atoms with Crippen LogP contribution in [-0.4, -0.2) is 23.1 Å². The first-order valence-corrected chi connectivity index (χ1v) is 7.29. The molecule has 0 aromatic heterocycles. The molecule has 7 heteroatoms. The molecule has 0 atom stereocenters. The van der Waals surface area contributed by atoms with Gasteiger partial charge in [0.15, 0.2) is 0 Å². The fourth-order valence-electron chi connectivity index (χ4n) is 1.41. The van der Waals surface area contributed by atoms with Gasteiger partial charge in [0, 0.05) is 24.5 Å². The molecule has 1 amide bonds. The van der Waals surface area contributed by atoms with Crippen molar-refractivity contribution < 1.29 is 55.0 Å². The number of carbonyl (C=O) groups is 3. The number of rotatable bonds is 8. The van der Waals surface area contributed by atoms with Gasteiger partial charge in [0.25, 0.3) is 5.91 Å². The van der Waals surface area contributed by atoms with E-state index in [0.29, 0.717) is 11.6 Å². The summed E-state index contributed by atoms with van der Waals surface area (Å²) in [6.45, 7) is 5.30. The zero-order chi connectivity index (χ0) is 15.4. The van der Waals surface area contributed by atoms with Gasteiger partial charge < -0.3 is 11.1 Å². The van der Waals surface area contributed by atoms with Crippen LogP contribution in [0.2, 0.25) is 0 Å². The molecule has 21 heavy (non-hydrogen) atoms. The summed E-state index contributed by atoms with van der Waals surface area (Å²) in [7, 11) is 0. The Morgan fingerprint density at radius 1 is 0.857 bits per heavy atom. The number of carbonyl (C=O) groups excluding carboxylic acids is 3. The first-order chi connectivity index (χ1) is 9.54. The molecule has 0 spiro atoms. The Balaban J connectivity index is -0.00000180. The molecule has 0 saturated heterocycles. The molecule has 0 heterocycles. The molecule has 0 saturated carbocycles. The van der Waals surface area contributed by atoms with E-state index >= 15 is 0 Å². The van der Waals surface area contributed by atoms with Gasteiger partial charge in [0.1, 0.15) is 0 Å². The van der Waals surface area contributed by atoms with Crippen molar-refractivity contribution in [2.75, 3.05) is 0 Å². The van der Waals surface area contributed by atoms with E-state index in [1.54, 1.807) is 13.8 Å². The second-order valence-electron chi connectivity index (χ2n) is 4.45. The predicted octanol–water partition coefficient (Wildman–Crippen LogP) is 0.0284. The smallest absolute Gasteiger partial charge is 1.00 e. The average Bonchev–Trinajstić information content (AvgIpc) is 2.45. The van der Waals surface area contributed by atoms with E-state index in [9.17, 15) is 14.4 Å². The third-order valence-electron chi connectivity index (χ3n) is 2.64.